The van der Waals surface area contributed by atoms with Gasteiger partial charge >= 0.3 is 0 Å². The van der Waals surface area contributed by atoms with Crippen LogP contribution in [0.3, 0.4) is 0 Å². The molecule has 122 valence electrons. The van der Waals surface area contributed by atoms with Crippen molar-refractivity contribution in [1.29, 1.82) is 0 Å². The molecule has 1 N–H and O–H groups in total. The number of benzene rings is 2. The van der Waals surface area contributed by atoms with E-state index in [1.807, 2.05) is 24.3 Å². The lowest BCUT2D eigenvalue weighted by molar-refractivity contribution is -0.113. The fourth-order valence-electron chi connectivity index (χ4n) is 1.90. The minimum Gasteiger partial charge on any atom is -0.325 e. The normalized spacial score (nSPS) is 12.0. The molecule has 2 aromatic rings. The van der Waals surface area contributed by atoms with E-state index in [4.69, 9.17) is 0 Å². The Kier molecular flexibility index (Phi) is 6.80. The summed E-state index contributed by atoms with van der Waals surface area (Å²) in [4.78, 5) is 12.4. The molecule has 2 rings (SSSR count). The molecule has 0 saturated carbocycles. The zero-order chi connectivity index (χ0) is 16.8. The molecular formula is C16H15BrFNO2S2. The van der Waals surface area contributed by atoms with E-state index >= 15 is 0 Å². The van der Waals surface area contributed by atoms with Gasteiger partial charge in [0.05, 0.1) is 0 Å². The monoisotopic (exact) mass is 415 g/mol. The van der Waals surface area contributed by atoms with Gasteiger partial charge in [0.25, 0.3) is 0 Å². The largest absolute Gasteiger partial charge is 0.325 e. The average Bonchev–Trinajstić information content (AvgIpc) is 2.49. The summed E-state index contributed by atoms with van der Waals surface area (Å²) in [5.41, 5.74) is 1.26. The molecule has 7 heteroatoms. The summed E-state index contributed by atoms with van der Waals surface area (Å²) in [6.45, 7) is 0. The Morgan fingerprint density at radius 1 is 1.26 bits per heavy atom. The van der Waals surface area contributed by atoms with Crippen LogP contribution in [0.15, 0.2) is 51.8 Å². The Morgan fingerprint density at radius 3 is 2.57 bits per heavy atom. The van der Waals surface area contributed by atoms with Crippen LogP contribution in [0.25, 0.3) is 0 Å². The van der Waals surface area contributed by atoms with Gasteiger partial charge in [0.15, 0.2) is 0 Å². The van der Waals surface area contributed by atoms with Gasteiger partial charge in [0.1, 0.15) is 11.6 Å². The van der Waals surface area contributed by atoms with Gasteiger partial charge in [-0.1, -0.05) is 28.1 Å². The van der Waals surface area contributed by atoms with Crippen LogP contribution in [-0.4, -0.2) is 22.1 Å². The van der Waals surface area contributed by atoms with Crippen molar-refractivity contribution in [2.24, 2.45) is 0 Å². The minimum atomic E-state index is -1.32. The second-order valence-corrected chi connectivity index (χ2v) is 7.97. The highest BCUT2D eigenvalue weighted by atomic mass is 79.9. The molecule has 0 unspecified atom stereocenters. The van der Waals surface area contributed by atoms with Crippen LogP contribution in [0.1, 0.15) is 5.56 Å². The number of carbonyl (C=O) groups is 1. The van der Waals surface area contributed by atoms with Crippen LogP contribution in [-0.2, 0) is 21.3 Å². The summed E-state index contributed by atoms with van der Waals surface area (Å²) < 4.78 is 26.6. The van der Waals surface area contributed by atoms with Crippen molar-refractivity contribution in [3.63, 3.8) is 0 Å². The minimum absolute atomic E-state index is 0.123. The standard InChI is InChI=1S/C16H15BrFNO2S2/c1-22-15-7-6-13(8-14(15)18)19-16(20)10-23(21)9-11-2-4-12(17)5-3-11/h2-8H,9-10H2,1H3,(H,19,20)/t23-/m0/s1. The lowest BCUT2D eigenvalue weighted by Crippen LogP contribution is -2.20. The van der Waals surface area contributed by atoms with E-state index in [-0.39, 0.29) is 11.6 Å². The molecule has 0 aliphatic carbocycles. The number of amides is 1. The molecule has 0 aliphatic heterocycles. The van der Waals surface area contributed by atoms with E-state index in [2.05, 4.69) is 21.2 Å². The van der Waals surface area contributed by atoms with Crippen molar-refractivity contribution in [2.45, 2.75) is 10.6 Å². The number of carbonyl (C=O) groups excluding carboxylic acids is 1. The maximum Gasteiger partial charge on any atom is 0.237 e. The Balaban J connectivity index is 1.90. The van der Waals surface area contributed by atoms with Crippen molar-refractivity contribution in [2.75, 3.05) is 17.3 Å². The average molecular weight is 416 g/mol. The summed E-state index contributed by atoms with van der Waals surface area (Å²) in [6.07, 6.45) is 1.78. The highest BCUT2D eigenvalue weighted by Crippen LogP contribution is 2.22. The van der Waals surface area contributed by atoms with Crippen molar-refractivity contribution < 1.29 is 13.4 Å². The third-order valence-electron chi connectivity index (χ3n) is 2.97. The van der Waals surface area contributed by atoms with Crippen LogP contribution in [0.2, 0.25) is 0 Å². The van der Waals surface area contributed by atoms with Crippen LogP contribution >= 0.6 is 27.7 Å². The first-order chi connectivity index (χ1) is 11.0. The van der Waals surface area contributed by atoms with Gasteiger partial charge in [-0.15, -0.1) is 11.8 Å². The van der Waals surface area contributed by atoms with E-state index in [9.17, 15) is 13.4 Å². The van der Waals surface area contributed by atoms with Gasteiger partial charge in [-0.25, -0.2) is 4.39 Å². The Labute approximate surface area is 149 Å². The van der Waals surface area contributed by atoms with E-state index in [1.54, 1.807) is 18.4 Å². The number of thioether (sulfide) groups is 1. The molecule has 0 heterocycles. The predicted octanol–water partition coefficient (Wildman–Crippen LogP) is 4.20. The number of rotatable bonds is 6. The molecule has 0 aromatic heterocycles. The van der Waals surface area contributed by atoms with Gasteiger partial charge in [-0.05, 0) is 42.2 Å². The summed E-state index contributed by atoms with van der Waals surface area (Å²) in [6, 6.07) is 11.9. The third kappa shape index (κ3) is 5.75. The maximum atomic E-state index is 13.6. The second kappa shape index (κ2) is 8.61. The summed E-state index contributed by atoms with van der Waals surface area (Å²) in [5.74, 6) is -0.592. The van der Waals surface area contributed by atoms with Crippen LogP contribution in [0.5, 0.6) is 0 Å². The highest BCUT2D eigenvalue weighted by molar-refractivity contribution is 9.10. The second-order valence-electron chi connectivity index (χ2n) is 4.75. The summed E-state index contributed by atoms with van der Waals surface area (Å²) in [7, 11) is -1.32. The van der Waals surface area contributed by atoms with Crippen LogP contribution in [0.4, 0.5) is 10.1 Å². The van der Waals surface area contributed by atoms with Crippen molar-refractivity contribution in [3.05, 3.63) is 58.3 Å². The molecule has 0 bridgehead atoms. The lowest BCUT2D eigenvalue weighted by Gasteiger charge is -2.07. The molecule has 1 atom stereocenters. The molecule has 0 aliphatic rings. The number of halogens is 2. The quantitative estimate of drug-likeness (QED) is 0.719. The van der Waals surface area contributed by atoms with Crippen LogP contribution < -0.4 is 5.32 Å². The zero-order valence-electron chi connectivity index (χ0n) is 12.3. The molecule has 1 amide bonds. The number of nitrogens with one attached hydrogen (secondary N) is 1. The predicted molar refractivity (Wildman–Crippen MR) is 97.7 cm³/mol. The first-order valence-corrected chi connectivity index (χ1v) is 10.2. The highest BCUT2D eigenvalue weighted by Gasteiger charge is 2.10. The Morgan fingerprint density at radius 2 is 1.96 bits per heavy atom. The topological polar surface area (TPSA) is 46.2 Å². The molecule has 0 radical (unpaired) electrons. The number of hydrogen-bond donors (Lipinski definition) is 1. The number of anilines is 1. The molecule has 0 saturated heterocycles. The fraction of sp³-hybridized carbons (Fsp3) is 0.188. The number of hydrogen-bond acceptors (Lipinski definition) is 3. The van der Waals surface area contributed by atoms with Gasteiger partial charge in [0.2, 0.25) is 5.91 Å². The fourth-order valence-corrected chi connectivity index (χ4v) is 3.66. The van der Waals surface area contributed by atoms with Crippen molar-refractivity contribution in [1.82, 2.24) is 0 Å². The van der Waals surface area contributed by atoms with Gasteiger partial charge in [0, 0.05) is 31.6 Å². The SMILES string of the molecule is CSc1ccc(NC(=O)C[S@@](=O)Cc2ccc(Br)cc2)cc1F. The molecule has 0 fully saturated rings. The lowest BCUT2D eigenvalue weighted by atomic mass is 10.2. The van der Waals surface area contributed by atoms with Crippen LogP contribution in [0, 0.1) is 5.82 Å². The van der Waals surface area contributed by atoms with E-state index in [0.717, 1.165) is 10.0 Å². The molecule has 0 spiro atoms. The maximum absolute atomic E-state index is 13.6. The first kappa shape index (κ1) is 18.2. The zero-order valence-corrected chi connectivity index (χ0v) is 15.6. The van der Waals surface area contributed by atoms with Crippen molar-refractivity contribution >= 4 is 50.1 Å². The molecule has 2 aromatic carbocycles. The summed E-state index contributed by atoms with van der Waals surface area (Å²) >= 11 is 4.63. The van der Waals surface area contributed by atoms with Gasteiger partial charge in [-0.3, -0.25) is 9.00 Å². The van der Waals surface area contributed by atoms with E-state index in [1.165, 1.54) is 17.8 Å². The summed E-state index contributed by atoms with van der Waals surface area (Å²) in [5, 5.41) is 2.57. The Hall–Kier alpha value is -1.18. The smallest absolute Gasteiger partial charge is 0.237 e. The molecule has 3 nitrogen and oxygen atoms in total. The third-order valence-corrected chi connectivity index (χ3v) is 5.51. The molecule has 23 heavy (non-hydrogen) atoms. The van der Waals surface area contributed by atoms with Gasteiger partial charge < -0.3 is 5.32 Å². The van der Waals surface area contributed by atoms with E-state index in [0.29, 0.717) is 16.3 Å². The first-order valence-electron chi connectivity index (χ1n) is 6.70. The van der Waals surface area contributed by atoms with E-state index < -0.39 is 16.7 Å². The molecular weight excluding hydrogens is 401 g/mol. The van der Waals surface area contributed by atoms with Crippen molar-refractivity contribution in [3.8, 4) is 0 Å². The van der Waals surface area contributed by atoms with Gasteiger partial charge in [-0.2, -0.15) is 0 Å². The Bertz CT molecular complexity index is 723.